The lowest BCUT2D eigenvalue weighted by Gasteiger charge is -2.12. The number of hydrogen-bond acceptors (Lipinski definition) is 3. The van der Waals surface area contributed by atoms with E-state index in [2.05, 4.69) is 10.4 Å². The fraction of sp³-hybridized carbons (Fsp3) is 0.333. The summed E-state index contributed by atoms with van der Waals surface area (Å²) in [4.78, 5) is 12.1. The molecule has 1 N–H and O–H groups in total. The van der Waals surface area contributed by atoms with Crippen LogP contribution in [0, 0.1) is 5.82 Å². The van der Waals surface area contributed by atoms with Gasteiger partial charge < -0.3 is 10.1 Å². The molecule has 2 heterocycles. The van der Waals surface area contributed by atoms with E-state index in [1.165, 1.54) is 12.1 Å². The zero-order chi connectivity index (χ0) is 15.5. The summed E-state index contributed by atoms with van der Waals surface area (Å²) in [7, 11) is 0. The summed E-state index contributed by atoms with van der Waals surface area (Å²) >= 11 is 5.67. The molecule has 0 radical (unpaired) electrons. The van der Waals surface area contributed by atoms with Gasteiger partial charge in [0.25, 0.3) is 5.91 Å². The minimum absolute atomic E-state index is 0.0797. The van der Waals surface area contributed by atoms with Gasteiger partial charge in [0.1, 0.15) is 17.7 Å². The molecule has 1 aromatic heterocycles. The molecular formula is C15H15ClFN3O2. The molecule has 0 spiro atoms. The van der Waals surface area contributed by atoms with E-state index in [4.69, 9.17) is 16.3 Å². The Morgan fingerprint density at radius 2 is 2.36 bits per heavy atom. The van der Waals surface area contributed by atoms with Gasteiger partial charge in [0.2, 0.25) is 0 Å². The van der Waals surface area contributed by atoms with Crippen molar-refractivity contribution in [1.29, 1.82) is 0 Å². The third-order valence-corrected chi connectivity index (χ3v) is 3.81. The molecule has 1 atom stereocenters. The van der Waals surface area contributed by atoms with E-state index in [9.17, 15) is 9.18 Å². The molecule has 1 aliphatic heterocycles. The lowest BCUT2D eigenvalue weighted by atomic mass is 10.2. The maximum absolute atomic E-state index is 13.5. The Morgan fingerprint density at radius 1 is 1.50 bits per heavy atom. The van der Waals surface area contributed by atoms with Gasteiger partial charge >= 0.3 is 0 Å². The molecule has 0 aliphatic carbocycles. The molecule has 5 nitrogen and oxygen atoms in total. The molecule has 7 heteroatoms. The monoisotopic (exact) mass is 323 g/mol. The molecule has 116 valence electrons. The number of amides is 1. The van der Waals surface area contributed by atoms with E-state index in [1.807, 2.05) is 0 Å². The summed E-state index contributed by atoms with van der Waals surface area (Å²) in [5, 5.41) is 7.02. The van der Waals surface area contributed by atoms with Gasteiger partial charge in [0.15, 0.2) is 0 Å². The molecule has 1 aliphatic rings. The second-order valence-corrected chi connectivity index (χ2v) is 5.52. The molecule has 0 bridgehead atoms. The average Bonchev–Trinajstić information content (AvgIpc) is 3.15. The number of benzene rings is 1. The number of halogens is 2. The molecule has 3 rings (SSSR count). The molecule has 22 heavy (non-hydrogen) atoms. The van der Waals surface area contributed by atoms with Crippen molar-refractivity contribution < 1.29 is 13.9 Å². The number of anilines is 1. The molecule has 1 aromatic carbocycles. The Balaban J connectivity index is 1.71. The van der Waals surface area contributed by atoms with Crippen molar-refractivity contribution in [2.45, 2.75) is 25.5 Å². The lowest BCUT2D eigenvalue weighted by molar-refractivity contribution is -0.124. The number of ether oxygens (including phenoxy) is 1. The number of rotatable bonds is 4. The first-order chi connectivity index (χ1) is 10.6. The van der Waals surface area contributed by atoms with Gasteiger partial charge in [-0.05, 0) is 30.5 Å². The highest BCUT2D eigenvalue weighted by Crippen LogP contribution is 2.18. The number of hydrogen-bond donors (Lipinski definition) is 1. The lowest BCUT2D eigenvalue weighted by Crippen LogP contribution is -2.28. The third-order valence-electron chi connectivity index (χ3n) is 3.51. The van der Waals surface area contributed by atoms with Crippen LogP contribution in [0.15, 0.2) is 30.5 Å². The van der Waals surface area contributed by atoms with E-state index in [-0.39, 0.29) is 10.9 Å². The summed E-state index contributed by atoms with van der Waals surface area (Å²) in [6, 6.07) is 6.27. The van der Waals surface area contributed by atoms with Gasteiger partial charge in [-0.3, -0.25) is 4.79 Å². The Bertz CT molecular complexity index is 683. The second kappa shape index (κ2) is 6.46. The van der Waals surface area contributed by atoms with Crippen molar-refractivity contribution >= 4 is 23.3 Å². The molecule has 1 fully saturated rings. The first-order valence-corrected chi connectivity index (χ1v) is 7.39. The van der Waals surface area contributed by atoms with Crippen LogP contribution in [0.25, 0.3) is 0 Å². The third kappa shape index (κ3) is 3.28. The molecular weight excluding hydrogens is 309 g/mol. The maximum Gasteiger partial charge on any atom is 0.254 e. The van der Waals surface area contributed by atoms with E-state index < -0.39 is 11.9 Å². The molecule has 1 saturated heterocycles. The zero-order valence-electron chi connectivity index (χ0n) is 11.8. The summed E-state index contributed by atoms with van der Waals surface area (Å²) in [5.74, 6) is -0.103. The van der Waals surface area contributed by atoms with E-state index >= 15 is 0 Å². The SMILES string of the molecule is O=C(Nc1ccnn1Cc1ccc(Cl)c(F)c1)C1CCCO1. The van der Waals surface area contributed by atoms with Gasteiger partial charge in [0, 0.05) is 12.7 Å². The first kappa shape index (κ1) is 15.0. The van der Waals surface area contributed by atoms with Crippen LogP contribution in [-0.2, 0) is 16.1 Å². The topological polar surface area (TPSA) is 56.2 Å². The molecule has 1 amide bonds. The highest BCUT2D eigenvalue weighted by atomic mass is 35.5. The fourth-order valence-corrected chi connectivity index (χ4v) is 2.48. The van der Waals surface area contributed by atoms with Crippen LogP contribution in [0.3, 0.4) is 0 Å². The Labute approximate surface area is 132 Å². The van der Waals surface area contributed by atoms with Crippen molar-refractivity contribution in [2.75, 3.05) is 11.9 Å². The van der Waals surface area contributed by atoms with Crippen molar-refractivity contribution in [1.82, 2.24) is 9.78 Å². The molecule has 0 saturated carbocycles. The zero-order valence-corrected chi connectivity index (χ0v) is 12.5. The number of carbonyl (C=O) groups excluding carboxylic acids is 1. The van der Waals surface area contributed by atoms with Crippen molar-refractivity contribution in [3.8, 4) is 0 Å². The van der Waals surface area contributed by atoms with Crippen molar-refractivity contribution in [2.24, 2.45) is 0 Å². The number of carbonyl (C=O) groups is 1. The quantitative estimate of drug-likeness (QED) is 0.941. The highest BCUT2D eigenvalue weighted by molar-refractivity contribution is 6.30. The van der Waals surface area contributed by atoms with Crippen LogP contribution in [0.4, 0.5) is 10.2 Å². The summed E-state index contributed by atoms with van der Waals surface area (Å²) < 4.78 is 20.4. The number of nitrogens with zero attached hydrogens (tertiary/aromatic N) is 2. The van der Waals surface area contributed by atoms with Crippen molar-refractivity contribution in [3.63, 3.8) is 0 Å². The first-order valence-electron chi connectivity index (χ1n) is 7.02. The smallest absolute Gasteiger partial charge is 0.254 e. The Kier molecular flexibility index (Phi) is 4.40. The Hall–Kier alpha value is -1.92. The average molecular weight is 324 g/mol. The predicted molar refractivity (Wildman–Crippen MR) is 80.3 cm³/mol. The minimum atomic E-state index is -0.476. The van der Waals surface area contributed by atoms with E-state index in [0.29, 0.717) is 24.5 Å². The fourth-order valence-electron chi connectivity index (χ4n) is 2.37. The summed E-state index contributed by atoms with van der Waals surface area (Å²) in [5.41, 5.74) is 0.707. The van der Waals surface area contributed by atoms with Crippen LogP contribution >= 0.6 is 11.6 Å². The van der Waals surface area contributed by atoms with Crippen molar-refractivity contribution in [3.05, 3.63) is 46.9 Å². The van der Waals surface area contributed by atoms with Crippen LogP contribution in [0.1, 0.15) is 18.4 Å². The summed E-state index contributed by atoms with van der Waals surface area (Å²) in [6.45, 7) is 0.948. The van der Waals surface area contributed by atoms with E-state index in [1.54, 1.807) is 23.0 Å². The van der Waals surface area contributed by atoms with Crippen LogP contribution in [-0.4, -0.2) is 28.4 Å². The number of nitrogens with one attached hydrogen (secondary N) is 1. The van der Waals surface area contributed by atoms with Crippen LogP contribution < -0.4 is 5.32 Å². The minimum Gasteiger partial charge on any atom is -0.368 e. The standard InChI is InChI=1S/C15H15ClFN3O2/c16-11-4-3-10(8-12(11)17)9-20-14(5-6-18-20)19-15(21)13-2-1-7-22-13/h3-6,8,13H,1-2,7,9H2,(H,19,21). The maximum atomic E-state index is 13.5. The second-order valence-electron chi connectivity index (χ2n) is 5.11. The van der Waals surface area contributed by atoms with Gasteiger partial charge in [0.05, 0.1) is 17.8 Å². The number of aromatic nitrogens is 2. The largest absolute Gasteiger partial charge is 0.368 e. The van der Waals surface area contributed by atoms with Gasteiger partial charge in [-0.25, -0.2) is 9.07 Å². The molecule has 1 unspecified atom stereocenters. The van der Waals surface area contributed by atoms with Gasteiger partial charge in [-0.1, -0.05) is 17.7 Å². The summed E-state index contributed by atoms with van der Waals surface area (Å²) in [6.07, 6.45) is 2.79. The van der Waals surface area contributed by atoms with Crippen LogP contribution in [0.5, 0.6) is 0 Å². The van der Waals surface area contributed by atoms with E-state index in [0.717, 1.165) is 12.8 Å². The normalized spacial score (nSPS) is 17.6. The molecule has 2 aromatic rings. The van der Waals surface area contributed by atoms with Gasteiger partial charge in [-0.2, -0.15) is 5.10 Å². The van der Waals surface area contributed by atoms with Crippen LogP contribution in [0.2, 0.25) is 5.02 Å². The van der Waals surface area contributed by atoms with Gasteiger partial charge in [-0.15, -0.1) is 0 Å². The Morgan fingerprint density at radius 3 is 3.09 bits per heavy atom. The highest BCUT2D eigenvalue weighted by Gasteiger charge is 2.24. The predicted octanol–water partition coefficient (Wildman–Crippen LogP) is 2.84.